The predicted molar refractivity (Wildman–Crippen MR) is 94.0 cm³/mol. The number of halogens is 2. The number of nitrogens with zero attached hydrogens (tertiary/aromatic N) is 2. The van der Waals surface area contributed by atoms with E-state index in [1.165, 1.54) is 31.4 Å². The van der Waals surface area contributed by atoms with Crippen LogP contribution in [-0.2, 0) is 4.74 Å². The van der Waals surface area contributed by atoms with Gasteiger partial charge < -0.3 is 9.30 Å². The summed E-state index contributed by atoms with van der Waals surface area (Å²) in [5.74, 6) is -1.71. The molecule has 3 nitrogen and oxygen atoms in total. The fourth-order valence-corrected chi connectivity index (χ4v) is 4.94. The molecule has 0 amide bonds. The van der Waals surface area contributed by atoms with Crippen LogP contribution in [0.1, 0.15) is 57.2 Å². The number of hydrogen-bond acceptors (Lipinski definition) is 2. The standard InChI is InChI=1S/C20H30F2N2O/c1-14-4-3-9-24(14)15(2)16-5-7-17(8-6-16)23-12-19(13-23)25-18-10-20(21,22)11-18/h3-4,9,15-19H,5-8,10-13H2,1-2H3/t15-,16?,17?/m1/s1. The predicted octanol–water partition coefficient (Wildman–Crippen LogP) is 4.41. The highest BCUT2D eigenvalue weighted by Gasteiger charge is 2.48. The van der Waals surface area contributed by atoms with E-state index in [2.05, 4.69) is 41.6 Å². The fourth-order valence-electron chi connectivity index (χ4n) is 4.94. The summed E-state index contributed by atoms with van der Waals surface area (Å²) in [5.41, 5.74) is 1.35. The monoisotopic (exact) mass is 352 g/mol. The minimum absolute atomic E-state index is 0.0781. The summed E-state index contributed by atoms with van der Waals surface area (Å²) in [4.78, 5) is 2.50. The number of hydrogen-bond donors (Lipinski definition) is 0. The van der Waals surface area contributed by atoms with Gasteiger partial charge in [-0.25, -0.2) is 8.78 Å². The van der Waals surface area contributed by atoms with Crippen molar-refractivity contribution < 1.29 is 13.5 Å². The number of rotatable bonds is 5. The maximum absolute atomic E-state index is 12.9. The first-order valence-electron chi connectivity index (χ1n) is 9.82. The van der Waals surface area contributed by atoms with E-state index in [9.17, 15) is 8.78 Å². The Hall–Kier alpha value is -0.940. The molecule has 1 aromatic rings. The molecule has 1 aromatic heterocycles. The highest BCUT2D eigenvalue weighted by molar-refractivity contribution is 5.06. The molecule has 3 fully saturated rings. The first-order chi connectivity index (χ1) is 11.9. The zero-order chi connectivity index (χ0) is 17.6. The van der Waals surface area contributed by atoms with Gasteiger partial charge in [-0.1, -0.05) is 0 Å². The van der Waals surface area contributed by atoms with E-state index >= 15 is 0 Å². The first kappa shape index (κ1) is 17.5. The molecule has 2 heterocycles. The van der Waals surface area contributed by atoms with Gasteiger partial charge in [-0.15, -0.1) is 0 Å². The molecule has 2 aliphatic carbocycles. The van der Waals surface area contributed by atoms with Crippen molar-refractivity contribution >= 4 is 0 Å². The van der Waals surface area contributed by atoms with E-state index in [-0.39, 0.29) is 25.0 Å². The molecule has 4 rings (SSSR count). The van der Waals surface area contributed by atoms with Crippen LogP contribution in [0.3, 0.4) is 0 Å². The van der Waals surface area contributed by atoms with Crippen LogP contribution in [0.2, 0.25) is 0 Å². The van der Waals surface area contributed by atoms with Gasteiger partial charge in [-0.3, -0.25) is 4.90 Å². The van der Waals surface area contributed by atoms with Crippen LogP contribution in [0.25, 0.3) is 0 Å². The van der Waals surface area contributed by atoms with E-state index < -0.39 is 5.92 Å². The third-order valence-electron chi connectivity index (χ3n) is 6.68. The Bertz CT molecular complexity index is 580. The van der Waals surface area contributed by atoms with Crippen LogP contribution < -0.4 is 0 Å². The second-order valence-electron chi connectivity index (χ2n) is 8.46. The Morgan fingerprint density at radius 2 is 1.80 bits per heavy atom. The van der Waals surface area contributed by atoms with E-state index in [0.717, 1.165) is 19.0 Å². The largest absolute Gasteiger partial charge is 0.372 e. The Morgan fingerprint density at radius 1 is 1.12 bits per heavy atom. The number of alkyl halides is 2. The van der Waals surface area contributed by atoms with E-state index in [1.54, 1.807) is 0 Å². The number of likely N-dealkylation sites (tertiary alicyclic amines) is 1. The molecule has 1 aliphatic heterocycles. The van der Waals surface area contributed by atoms with Crippen molar-refractivity contribution in [2.24, 2.45) is 5.92 Å². The van der Waals surface area contributed by atoms with Crippen LogP contribution >= 0.6 is 0 Å². The molecule has 2 saturated carbocycles. The molecule has 3 aliphatic rings. The Morgan fingerprint density at radius 3 is 2.36 bits per heavy atom. The summed E-state index contributed by atoms with van der Waals surface area (Å²) in [5, 5.41) is 0. The molecule has 1 atom stereocenters. The van der Waals surface area contributed by atoms with Crippen molar-refractivity contribution in [3.8, 4) is 0 Å². The van der Waals surface area contributed by atoms with Crippen molar-refractivity contribution in [3.63, 3.8) is 0 Å². The Kier molecular flexibility index (Phi) is 4.65. The van der Waals surface area contributed by atoms with Gasteiger partial charge in [0.05, 0.1) is 12.2 Å². The SMILES string of the molecule is Cc1cccn1[C@H](C)C1CCC(N2CC(OC3CC(F)(F)C3)C2)CC1. The zero-order valence-electron chi connectivity index (χ0n) is 15.3. The van der Waals surface area contributed by atoms with Gasteiger partial charge in [0, 0.05) is 49.9 Å². The maximum Gasteiger partial charge on any atom is 0.253 e. The molecule has 1 saturated heterocycles. The molecule has 0 spiro atoms. The van der Waals surface area contributed by atoms with E-state index in [4.69, 9.17) is 4.74 Å². The fraction of sp³-hybridized carbons (Fsp3) is 0.800. The highest BCUT2D eigenvalue weighted by atomic mass is 19.3. The zero-order valence-corrected chi connectivity index (χ0v) is 15.3. The minimum atomic E-state index is -2.47. The molecule has 0 aromatic carbocycles. The second kappa shape index (κ2) is 6.66. The van der Waals surface area contributed by atoms with Gasteiger partial charge in [0.15, 0.2) is 0 Å². The van der Waals surface area contributed by atoms with Gasteiger partial charge in [-0.2, -0.15) is 0 Å². The second-order valence-corrected chi connectivity index (χ2v) is 8.46. The molecule has 0 bridgehead atoms. The Labute approximate surface area is 149 Å². The lowest BCUT2D eigenvalue weighted by Gasteiger charge is -2.49. The van der Waals surface area contributed by atoms with Crippen LogP contribution in [0.15, 0.2) is 18.3 Å². The summed E-state index contributed by atoms with van der Waals surface area (Å²) in [6, 6.07) is 5.55. The molecule has 5 heteroatoms. The summed E-state index contributed by atoms with van der Waals surface area (Å²) in [6.45, 7) is 6.40. The molecule has 140 valence electrons. The van der Waals surface area contributed by atoms with Crippen molar-refractivity contribution in [1.29, 1.82) is 0 Å². The lowest BCUT2D eigenvalue weighted by molar-refractivity contribution is -0.205. The van der Waals surface area contributed by atoms with Gasteiger partial charge in [0.2, 0.25) is 0 Å². The molecule has 0 unspecified atom stereocenters. The smallest absolute Gasteiger partial charge is 0.253 e. The lowest BCUT2D eigenvalue weighted by Crippen LogP contribution is -2.59. The average molecular weight is 352 g/mol. The van der Waals surface area contributed by atoms with Crippen molar-refractivity contribution in [3.05, 3.63) is 24.0 Å². The topological polar surface area (TPSA) is 17.4 Å². The first-order valence-corrected chi connectivity index (χ1v) is 9.82. The number of ether oxygens (including phenoxy) is 1. The third-order valence-corrected chi connectivity index (χ3v) is 6.68. The molecule has 0 N–H and O–H groups in total. The van der Waals surface area contributed by atoms with Crippen LogP contribution in [0, 0.1) is 12.8 Å². The summed E-state index contributed by atoms with van der Waals surface area (Å²) < 4.78 is 33.9. The Balaban J connectivity index is 1.18. The van der Waals surface area contributed by atoms with E-state index in [1.807, 2.05) is 0 Å². The van der Waals surface area contributed by atoms with Crippen molar-refractivity contribution in [2.75, 3.05) is 13.1 Å². The number of aryl methyl sites for hydroxylation is 1. The molecular formula is C20H30F2N2O. The van der Waals surface area contributed by atoms with E-state index in [0.29, 0.717) is 12.1 Å². The minimum Gasteiger partial charge on any atom is -0.372 e. The normalized spacial score (nSPS) is 32.2. The quantitative estimate of drug-likeness (QED) is 0.781. The molecule has 0 radical (unpaired) electrons. The van der Waals surface area contributed by atoms with Crippen LogP contribution in [0.5, 0.6) is 0 Å². The molecule has 25 heavy (non-hydrogen) atoms. The molecular weight excluding hydrogens is 322 g/mol. The van der Waals surface area contributed by atoms with Crippen LogP contribution in [0.4, 0.5) is 8.78 Å². The van der Waals surface area contributed by atoms with Crippen LogP contribution in [-0.4, -0.2) is 46.7 Å². The third kappa shape index (κ3) is 3.63. The van der Waals surface area contributed by atoms with Crippen molar-refractivity contribution in [1.82, 2.24) is 9.47 Å². The summed E-state index contributed by atoms with van der Waals surface area (Å²) in [6.07, 6.45) is 7.08. The maximum atomic E-state index is 12.9. The van der Waals surface area contributed by atoms with Crippen molar-refractivity contribution in [2.45, 2.75) is 82.6 Å². The average Bonchev–Trinajstić information content (AvgIpc) is 2.94. The highest BCUT2D eigenvalue weighted by Crippen LogP contribution is 2.41. The summed E-state index contributed by atoms with van der Waals surface area (Å²) >= 11 is 0. The lowest BCUT2D eigenvalue weighted by atomic mass is 9.80. The van der Waals surface area contributed by atoms with Gasteiger partial charge in [0.25, 0.3) is 5.92 Å². The summed E-state index contributed by atoms with van der Waals surface area (Å²) in [7, 11) is 0. The van der Waals surface area contributed by atoms with Gasteiger partial charge >= 0.3 is 0 Å². The number of aromatic nitrogens is 1. The van der Waals surface area contributed by atoms with Gasteiger partial charge in [0.1, 0.15) is 0 Å². The van der Waals surface area contributed by atoms with Gasteiger partial charge in [-0.05, 0) is 57.6 Å².